The first-order valence-electron chi connectivity index (χ1n) is 4.26. The van der Waals surface area contributed by atoms with Crippen molar-refractivity contribution < 1.29 is 5.11 Å². The number of nitrogens with zero attached hydrogens (tertiary/aromatic N) is 3. The summed E-state index contributed by atoms with van der Waals surface area (Å²) in [6.07, 6.45) is 3.52. The minimum Gasteiger partial charge on any atom is -0.391 e. The van der Waals surface area contributed by atoms with Crippen molar-refractivity contribution >= 4 is 11.3 Å². The summed E-state index contributed by atoms with van der Waals surface area (Å²) in [6, 6.07) is 0. The number of hydrogen-bond donors (Lipinski definition) is 1. The monoisotopic (exact) mass is 209 g/mol. The first-order valence-corrected chi connectivity index (χ1v) is 5.08. The summed E-state index contributed by atoms with van der Waals surface area (Å²) in [7, 11) is 1.93. The van der Waals surface area contributed by atoms with Gasteiger partial charge < -0.3 is 9.67 Å². The fraction of sp³-hybridized carbons (Fsp3) is 0.333. The number of aliphatic hydroxyl groups excluding tert-OH is 1. The Kier molecular flexibility index (Phi) is 2.35. The van der Waals surface area contributed by atoms with Gasteiger partial charge in [-0.3, -0.25) is 0 Å². The lowest BCUT2D eigenvalue weighted by Crippen LogP contribution is -1.88. The molecule has 0 fully saturated rings. The number of rotatable bonds is 2. The number of hydrogen-bond acceptors (Lipinski definition) is 4. The van der Waals surface area contributed by atoms with Gasteiger partial charge in [0.15, 0.2) is 0 Å². The maximum absolute atomic E-state index is 9.05. The molecule has 0 aromatic carbocycles. The topological polar surface area (TPSA) is 50.9 Å². The predicted molar refractivity (Wildman–Crippen MR) is 55.0 cm³/mol. The highest BCUT2D eigenvalue weighted by atomic mass is 32.1. The van der Waals surface area contributed by atoms with Crippen LogP contribution in [0.1, 0.15) is 10.6 Å². The molecule has 1 N–H and O–H groups in total. The van der Waals surface area contributed by atoms with E-state index in [-0.39, 0.29) is 6.61 Å². The van der Waals surface area contributed by atoms with Crippen LogP contribution in [-0.4, -0.2) is 19.6 Å². The smallest absolute Gasteiger partial charge is 0.142 e. The molecule has 74 valence electrons. The molecule has 2 aromatic heterocycles. The summed E-state index contributed by atoms with van der Waals surface area (Å²) >= 11 is 1.51. The first kappa shape index (κ1) is 9.36. The molecule has 0 spiro atoms. The van der Waals surface area contributed by atoms with Crippen LogP contribution in [0.25, 0.3) is 10.7 Å². The van der Waals surface area contributed by atoms with Gasteiger partial charge in [0.1, 0.15) is 5.01 Å². The Morgan fingerprint density at radius 3 is 2.86 bits per heavy atom. The van der Waals surface area contributed by atoms with Crippen LogP contribution in [0.5, 0.6) is 0 Å². The van der Waals surface area contributed by atoms with Crippen molar-refractivity contribution in [2.45, 2.75) is 13.5 Å². The Labute approximate surface area is 85.9 Å². The summed E-state index contributed by atoms with van der Waals surface area (Å²) in [4.78, 5) is 9.33. The average Bonchev–Trinajstić information content (AvgIpc) is 2.71. The zero-order chi connectivity index (χ0) is 10.1. The minimum absolute atomic E-state index is 0.0569. The second kappa shape index (κ2) is 3.51. The molecule has 0 aliphatic rings. The van der Waals surface area contributed by atoms with E-state index in [0.717, 1.165) is 21.3 Å². The summed E-state index contributed by atoms with van der Waals surface area (Å²) in [5, 5.41) is 9.96. The lowest BCUT2D eigenvalue weighted by molar-refractivity contribution is 0.284. The third-order valence-corrected chi connectivity index (χ3v) is 3.24. The predicted octanol–water partition coefficient (Wildman–Crippen LogP) is 1.34. The highest BCUT2D eigenvalue weighted by Crippen LogP contribution is 2.26. The molecule has 2 aromatic rings. The van der Waals surface area contributed by atoms with Crippen molar-refractivity contribution in [3.63, 3.8) is 0 Å². The molecule has 0 amide bonds. The number of aromatic nitrogens is 3. The van der Waals surface area contributed by atoms with Gasteiger partial charge in [0, 0.05) is 7.05 Å². The van der Waals surface area contributed by atoms with Crippen molar-refractivity contribution in [2.24, 2.45) is 7.05 Å². The van der Waals surface area contributed by atoms with Crippen LogP contribution in [-0.2, 0) is 13.7 Å². The molecule has 0 saturated carbocycles. The van der Waals surface area contributed by atoms with E-state index in [1.165, 1.54) is 11.3 Å². The van der Waals surface area contributed by atoms with E-state index in [1.807, 2.05) is 18.5 Å². The average molecular weight is 209 g/mol. The van der Waals surface area contributed by atoms with Crippen LogP contribution in [0.15, 0.2) is 12.5 Å². The molecule has 5 heteroatoms. The second-order valence-corrected chi connectivity index (χ2v) is 4.16. The summed E-state index contributed by atoms with van der Waals surface area (Å²) in [5.41, 5.74) is 1.88. The normalized spacial score (nSPS) is 10.8. The lowest BCUT2D eigenvalue weighted by atomic mass is 10.4. The molecule has 0 bridgehead atoms. The molecule has 14 heavy (non-hydrogen) atoms. The van der Waals surface area contributed by atoms with Gasteiger partial charge in [0.05, 0.1) is 35.4 Å². The summed E-state index contributed by atoms with van der Waals surface area (Å²) in [6.45, 7) is 1.96. The molecule has 0 radical (unpaired) electrons. The van der Waals surface area contributed by atoms with E-state index >= 15 is 0 Å². The van der Waals surface area contributed by atoms with E-state index < -0.39 is 0 Å². The van der Waals surface area contributed by atoms with Crippen LogP contribution < -0.4 is 0 Å². The summed E-state index contributed by atoms with van der Waals surface area (Å²) in [5.74, 6) is 0. The molecule has 4 nitrogen and oxygen atoms in total. The summed E-state index contributed by atoms with van der Waals surface area (Å²) < 4.78 is 1.92. The Balaban J connectivity index is 2.47. The van der Waals surface area contributed by atoms with Crippen molar-refractivity contribution in [3.8, 4) is 10.7 Å². The van der Waals surface area contributed by atoms with E-state index in [2.05, 4.69) is 9.97 Å². The van der Waals surface area contributed by atoms with Crippen molar-refractivity contribution in [2.75, 3.05) is 0 Å². The van der Waals surface area contributed by atoms with Gasteiger partial charge in [-0.15, -0.1) is 11.3 Å². The van der Waals surface area contributed by atoms with Crippen molar-refractivity contribution in [3.05, 3.63) is 23.1 Å². The molecule has 0 atom stereocenters. The fourth-order valence-corrected chi connectivity index (χ4v) is 2.22. The molecule has 2 rings (SSSR count). The molecular weight excluding hydrogens is 198 g/mol. The zero-order valence-corrected chi connectivity index (χ0v) is 8.88. The maximum atomic E-state index is 9.05. The third-order valence-electron chi connectivity index (χ3n) is 2.07. The van der Waals surface area contributed by atoms with Crippen molar-refractivity contribution in [1.29, 1.82) is 0 Å². The van der Waals surface area contributed by atoms with E-state index in [0.29, 0.717) is 0 Å². The number of aryl methyl sites for hydroxylation is 2. The molecule has 2 heterocycles. The SMILES string of the molecule is Cc1nc(-c2cncn2C)sc1CO. The van der Waals surface area contributed by atoms with Gasteiger partial charge in [0.2, 0.25) is 0 Å². The van der Waals surface area contributed by atoms with Gasteiger partial charge in [0.25, 0.3) is 0 Å². The standard InChI is InChI=1S/C9H11N3OS/c1-6-8(4-13)14-9(11-6)7-3-10-5-12(7)2/h3,5,13H,4H2,1-2H3. The zero-order valence-electron chi connectivity index (χ0n) is 8.06. The van der Waals surface area contributed by atoms with E-state index in [9.17, 15) is 0 Å². The van der Waals surface area contributed by atoms with E-state index in [1.54, 1.807) is 12.5 Å². The lowest BCUT2D eigenvalue weighted by Gasteiger charge is -1.94. The van der Waals surface area contributed by atoms with Gasteiger partial charge in [-0.25, -0.2) is 9.97 Å². The molecule has 0 unspecified atom stereocenters. The number of thiazole rings is 1. The second-order valence-electron chi connectivity index (χ2n) is 3.08. The fourth-order valence-electron chi connectivity index (χ4n) is 1.25. The highest BCUT2D eigenvalue weighted by molar-refractivity contribution is 7.15. The van der Waals surface area contributed by atoms with Gasteiger partial charge in [-0.05, 0) is 6.92 Å². The highest BCUT2D eigenvalue weighted by Gasteiger charge is 2.10. The Hall–Kier alpha value is -1.20. The number of imidazole rings is 1. The van der Waals surface area contributed by atoms with Crippen LogP contribution in [0.2, 0.25) is 0 Å². The Morgan fingerprint density at radius 1 is 1.57 bits per heavy atom. The van der Waals surface area contributed by atoms with Crippen LogP contribution in [0, 0.1) is 6.92 Å². The molecular formula is C9H11N3OS. The van der Waals surface area contributed by atoms with Crippen LogP contribution in [0.4, 0.5) is 0 Å². The van der Waals surface area contributed by atoms with E-state index in [4.69, 9.17) is 5.11 Å². The number of aliphatic hydroxyl groups is 1. The van der Waals surface area contributed by atoms with Gasteiger partial charge >= 0.3 is 0 Å². The van der Waals surface area contributed by atoms with Crippen molar-refractivity contribution in [1.82, 2.24) is 14.5 Å². The van der Waals surface area contributed by atoms with Crippen LogP contribution >= 0.6 is 11.3 Å². The third kappa shape index (κ3) is 1.44. The van der Waals surface area contributed by atoms with Gasteiger partial charge in [-0.1, -0.05) is 0 Å². The molecule has 0 saturated heterocycles. The quantitative estimate of drug-likeness (QED) is 0.812. The van der Waals surface area contributed by atoms with Crippen LogP contribution in [0.3, 0.4) is 0 Å². The minimum atomic E-state index is 0.0569. The molecule has 0 aliphatic carbocycles. The Morgan fingerprint density at radius 2 is 2.36 bits per heavy atom. The molecule has 0 aliphatic heterocycles. The van der Waals surface area contributed by atoms with Gasteiger partial charge in [-0.2, -0.15) is 0 Å². The largest absolute Gasteiger partial charge is 0.391 e. The Bertz CT molecular complexity index is 447. The maximum Gasteiger partial charge on any atom is 0.142 e. The first-order chi connectivity index (χ1) is 6.72.